The molecule has 41 heavy (non-hydrogen) atoms. The lowest BCUT2D eigenvalue weighted by Gasteiger charge is -2.41. The summed E-state index contributed by atoms with van der Waals surface area (Å²) >= 11 is 6.17. The summed E-state index contributed by atoms with van der Waals surface area (Å²) in [5.74, 6) is 0.0716. The average Bonchev–Trinajstić information content (AvgIpc) is 3.37. The van der Waals surface area contributed by atoms with Crippen LogP contribution in [0.4, 0.5) is 10.5 Å². The van der Waals surface area contributed by atoms with Gasteiger partial charge in [-0.3, -0.25) is 4.79 Å². The summed E-state index contributed by atoms with van der Waals surface area (Å²) in [4.78, 5) is 32.9. The lowest BCUT2D eigenvalue weighted by atomic mass is 9.90. The highest BCUT2D eigenvalue weighted by Crippen LogP contribution is 2.34. The smallest absolute Gasteiger partial charge is 0.410 e. The van der Waals surface area contributed by atoms with Crippen LogP contribution in [0.5, 0.6) is 0 Å². The largest absolute Gasteiger partial charge is 0.444 e. The number of likely N-dealkylation sites (tertiary alicyclic amines) is 1. The Labute approximate surface area is 247 Å². The molecule has 2 fully saturated rings. The van der Waals surface area contributed by atoms with Gasteiger partial charge in [-0.2, -0.15) is 5.10 Å². The van der Waals surface area contributed by atoms with Crippen molar-refractivity contribution in [3.05, 3.63) is 76.6 Å². The monoisotopic (exact) mass is 577 g/mol. The van der Waals surface area contributed by atoms with Crippen LogP contribution in [0.25, 0.3) is 5.69 Å². The number of rotatable bonds is 4. The minimum atomic E-state index is -0.540. The van der Waals surface area contributed by atoms with E-state index in [1.807, 2.05) is 54.6 Å². The van der Waals surface area contributed by atoms with Crippen LogP contribution in [0.3, 0.4) is 0 Å². The molecule has 2 aliphatic rings. The highest BCUT2D eigenvalue weighted by atomic mass is 35.5. The first-order chi connectivity index (χ1) is 19.5. The van der Waals surface area contributed by atoms with E-state index in [1.54, 1.807) is 11.1 Å². The van der Waals surface area contributed by atoms with Crippen molar-refractivity contribution in [3.8, 4) is 5.69 Å². The molecule has 5 rings (SSSR count). The first kappa shape index (κ1) is 29.0. The maximum Gasteiger partial charge on any atom is 0.410 e. The van der Waals surface area contributed by atoms with Crippen molar-refractivity contribution in [2.75, 3.05) is 37.6 Å². The molecule has 0 bridgehead atoms. The Kier molecular flexibility index (Phi) is 8.32. The molecule has 0 aliphatic carbocycles. The molecule has 3 heterocycles. The third-order valence-corrected chi connectivity index (χ3v) is 8.14. The average molecular weight is 578 g/mol. The minimum Gasteiger partial charge on any atom is -0.444 e. The molecular weight excluding hydrogens is 538 g/mol. The van der Waals surface area contributed by atoms with Crippen LogP contribution in [-0.4, -0.2) is 75.9 Å². The van der Waals surface area contributed by atoms with Crippen molar-refractivity contribution in [1.29, 1.82) is 0 Å². The zero-order chi connectivity index (χ0) is 29.3. The molecule has 9 heteroatoms. The Balaban J connectivity index is 1.38. The molecule has 1 atom stereocenters. The van der Waals surface area contributed by atoms with Gasteiger partial charge < -0.3 is 19.4 Å². The number of hydrogen-bond donors (Lipinski definition) is 0. The van der Waals surface area contributed by atoms with Crippen LogP contribution in [0, 0.1) is 6.92 Å². The molecule has 2 aromatic carbocycles. The van der Waals surface area contributed by atoms with Gasteiger partial charge in [0.25, 0.3) is 5.91 Å². The second kappa shape index (κ2) is 11.8. The van der Waals surface area contributed by atoms with Crippen molar-refractivity contribution in [3.63, 3.8) is 0 Å². The number of carbonyl (C=O) groups excluding carboxylic acids is 2. The lowest BCUT2D eigenvalue weighted by Crippen LogP contribution is -2.54. The standard InChI is InChI=1S/C32H40ClN5O3/c1-22-7-6-8-27(19-22)37-18-17-36(21-23(37)2)30(39)28-20-34-38(26-11-9-25(33)10-12-26)29(28)24-13-15-35(16-14-24)31(40)41-32(3,4)5/h6-12,19-20,23-24H,13-18,21H2,1-5H3/t23-/m0/s1. The van der Waals surface area contributed by atoms with Crippen LogP contribution < -0.4 is 4.90 Å². The van der Waals surface area contributed by atoms with E-state index in [2.05, 4.69) is 43.0 Å². The van der Waals surface area contributed by atoms with Crippen molar-refractivity contribution in [2.24, 2.45) is 0 Å². The number of benzene rings is 2. The van der Waals surface area contributed by atoms with Gasteiger partial charge in [0.2, 0.25) is 0 Å². The molecule has 0 spiro atoms. The van der Waals surface area contributed by atoms with E-state index in [0.717, 1.165) is 30.8 Å². The summed E-state index contributed by atoms with van der Waals surface area (Å²) < 4.78 is 7.48. The van der Waals surface area contributed by atoms with Crippen LogP contribution in [0.2, 0.25) is 5.02 Å². The van der Waals surface area contributed by atoms with E-state index in [9.17, 15) is 9.59 Å². The zero-order valence-corrected chi connectivity index (χ0v) is 25.4. The van der Waals surface area contributed by atoms with Gasteiger partial charge in [-0.1, -0.05) is 23.7 Å². The summed E-state index contributed by atoms with van der Waals surface area (Å²) in [6.45, 7) is 13.1. The van der Waals surface area contributed by atoms with Crippen molar-refractivity contribution < 1.29 is 14.3 Å². The number of nitrogens with zero attached hydrogens (tertiary/aromatic N) is 5. The predicted molar refractivity (Wildman–Crippen MR) is 162 cm³/mol. The molecule has 2 saturated heterocycles. The van der Waals surface area contributed by atoms with Gasteiger partial charge in [-0.05, 0) is 89.4 Å². The quantitative estimate of drug-likeness (QED) is 0.364. The van der Waals surface area contributed by atoms with Gasteiger partial charge in [0.15, 0.2) is 0 Å². The fraction of sp³-hybridized carbons (Fsp3) is 0.469. The van der Waals surface area contributed by atoms with Gasteiger partial charge in [-0.25, -0.2) is 9.48 Å². The van der Waals surface area contributed by atoms with Gasteiger partial charge >= 0.3 is 6.09 Å². The number of amides is 2. The zero-order valence-electron chi connectivity index (χ0n) is 24.6. The number of piperidine rings is 1. The SMILES string of the molecule is Cc1cccc(N2CCN(C(=O)c3cnn(-c4ccc(Cl)cc4)c3C3CCN(C(=O)OC(C)(C)C)CC3)C[C@@H]2C)c1. The Bertz CT molecular complexity index is 1390. The number of aromatic nitrogens is 2. The van der Waals surface area contributed by atoms with Crippen LogP contribution in [-0.2, 0) is 4.74 Å². The molecule has 0 N–H and O–H groups in total. The topological polar surface area (TPSA) is 70.9 Å². The molecule has 0 radical (unpaired) electrons. The van der Waals surface area contributed by atoms with Crippen molar-refractivity contribution in [2.45, 2.75) is 65.0 Å². The van der Waals surface area contributed by atoms with E-state index >= 15 is 0 Å². The van der Waals surface area contributed by atoms with Gasteiger partial charge in [0.05, 0.1) is 23.1 Å². The molecule has 3 aromatic rings. The molecule has 2 amide bonds. The number of anilines is 1. The Morgan fingerprint density at radius 1 is 0.951 bits per heavy atom. The predicted octanol–water partition coefficient (Wildman–Crippen LogP) is 6.30. The maximum atomic E-state index is 14.1. The van der Waals surface area contributed by atoms with E-state index < -0.39 is 5.60 Å². The van der Waals surface area contributed by atoms with Gasteiger partial charge in [0, 0.05) is 55.4 Å². The third-order valence-electron chi connectivity index (χ3n) is 7.89. The third kappa shape index (κ3) is 6.53. The maximum absolute atomic E-state index is 14.1. The second-order valence-electron chi connectivity index (χ2n) is 12.2. The fourth-order valence-electron chi connectivity index (χ4n) is 5.87. The number of halogens is 1. The molecule has 1 aromatic heterocycles. The van der Waals surface area contributed by atoms with Crippen molar-refractivity contribution >= 4 is 29.3 Å². The van der Waals surface area contributed by atoms with E-state index in [-0.39, 0.29) is 24.0 Å². The Morgan fingerprint density at radius 3 is 2.29 bits per heavy atom. The molecule has 0 saturated carbocycles. The second-order valence-corrected chi connectivity index (χ2v) is 12.6. The lowest BCUT2D eigenvalue weighted by molar-refractivity contribution is 0.0203. The molecule has 8 nitrogen and oxygen atoms in total. The number of aryl methyl sites for hydroxylation is 1. The number of piperazine rings is 1. The number of carbonyl (C=O) groups is 2. The number of ether oxygens (including phenoxy) is 1. The molecule has 0 unspecified atom stereocenters. The molecular formula is C32H40ClN5O3. The summed E-state index contributed by atoms with van der Waals surface area (Å²) in [5, 5.41) is 5.35. The van der Waals surface area contributed by atoms with E-state index in [1.165, 1.54) is 11.3 Å². The molecule has 2 aliphatic heterocycles. The summed E-state index contributed by atoms with van der Waals surface area (Å²) in [7, 11) is 0. The molecule has 218 valence electrons. The number of hydrogen-bond acceptors (Lipinski definition) is 5. The first-order valence-electron chi connectivity index (χ1n) is 14.4. The van der Waals surface area contributed by atoms with E-state index in [0.29, 0.717) is 36.8 Å². The summed E-state index contributed by atoms with van der Waals surface area (Å²) in [6, 6.07) is 16.2. The van der Waals surface area contributed by atoms with Crippen molar-refractivity contribution in [1.82, 2.24) is 19.6 Å². The summed E-state index contributed by atoms with van der Waals surface area (Å²) in [5.41, 5.74) is 4.27. The highest BCUT2D eigenvalue weighted by Gasteiger charge is 2.35. The van der Waals surface area contributed by atoms with E-state index in [4.69, 9.17) is 21.4 Å². The Hall–Kier alpha value is -3.52. The van der Waals surface area contributed by atoms with Crippen LogP contribution in [0.1, 0.15) is 68.1 Å². The van der Waals surface area contributed by atoms with Crippen LogP contribution in [0.15, 0.2) is 54.7 Å². The summed E-state index contributed by atoms with van der Waals surface area (Å²) in [6.07, 6.45) is 2.86. The minimum absolute atomic E-state index is 0.00512. The van der Waals surface area contributed by atoms with Crippen LogP contribution >= 0.6 is 11.6 Å². The van der Waals surface area contributed by atoms with Gasteiger partial charge in [-0.15, -0.1) is 0 Å². The fourth-order valence-corrected chi connectivity index (χ4v) is 5.99. The highest BCUT2D eigenvalue weighted by molar-refractivity contribution is 6.30. The first-order valence-corrected chi connectivity index (χ1v) is 14.8. The normalized spacial score (nSPS) is 18.5. The Morgan fingerprint density at radius 2 is 1.66 bits per heavy atom. The van der Waals surface area contributed by atoms with Gasteiger partial charge in [0.1, 0.15) is 5.60 Å².